The zero-order valence-corrected chi connectivity index (χ0v) is 9.47. The largest absolute Gasteiger partial charge is 0.466 e. The summed E-state index contributed by atoms with van der Waals surface area (Å²) in [6.45, 7) is 7.51. The molecule has 14 heavy (non-hydrogen) atoms. The first-order valence-corrected chi connectivity index (χ1v) is 5.57. The van der Waals surface area contributed by atoms with Crippen LogP contribution in [0, 0.1) is 0 Å². The number of aryl methyl sites for hydroxylation is 2. The third-order valence-electron chi connectivity index (χ3n) is 2.44. The Morgan fingerprint density at radius 3 is 2.57 bits per heavy atom. The van der Waals surface area contributed by atoms with Crippen LogP contribution in [0.3, 0.4) is 0 Å². The average Bonchev–Trinajstić information content (AvgIpc) is 2.63. The number of hydrogen-bond acceptors (Lipinski definition) is 2. The van der Waals surface area contributed by atoms with E-state index in [2.05, 4.69) is 38.2 Å². The summed E-state index contributed by atoms with van der Waals surface area (Å²) in [5.41, 5.74) is 0. The maximum Gasteiger partial charge on any atom is 0.104 e. The van der Waals surface area contributed by atoms with Gasteiger partial charge in [-0.25, -0.2) is 0 Å². The number of nitrogens with one attached hydrogen (secondary N) is 1. The molecular weight excluding hydrogens is 174 g/mol. The molecule has 0 bridgehead atoms. The van der Waals surface area contributed by atoms with Crippen LogP contribution < -0.4 is 5.32 Å². The van der Waals surface area contributed by atoms with Gasteiger partial charge in [0.1, 0.15) is 11.5 Å². The van der Waals surface area contributed by atoms with E-state index in [0.717, 1.165) is 37.3 Å². The number of rotatable bonds is 6. The van der Waals surface area contributed by atoms with Gasteiger partial charge in [-0.1, -0.05) is 13.8 Å². The van der Waals surface area contributed by atoms with Gasteiger partial charge >= 0.3 is 0 Å². The van der Waals surface area contributed by atoms with Gasteiger partial charge in [-0.2, -0.15) is 0 Å². The SMILES string of the molecule is CCNC(C)CCc1ccc(CC)o1. The van der Waals surface area contributed by atoms with Crippen LogP contribution in [0.4, 0.5) is 0 Å². The van der Waals surface area contributed by atoms with Crippen molar-refractivity contribution in [3.8, 4) is 0 Å². The molecule has 0 fully saturated rings. The number of hydrogen-bond donors (Lipinski definition) is 1. The van der Waals surface area contributed by atoms with Crippen LogP contribution in [0.5, 0.6) is 0 Å². The zero-order valence-electron chi connectivity index (χ0n) is 9.47. The van der Waals surface area contributed by atoms with Crippen molar-refractivity contribution in [2.75, 3.05) is 6.54 Å². The van der Waals surface area contributed by atoms with E-state index in [1.165, 1.54) is 0 Å². The lowest BCUT2D eigenvalue weighted by Crippen LogP contribution is -2.25. The third-order valence-corrected chi connectivity index (χ3v) is 2.44. The van der Waals surface area contributed by atoms with E-state index in [1.807, 2.05) is 0 Å². The molecule has 0 aliphatic heterocycles. The first-order valence-electron chi connectivity index (χ1n) is 5.57. The summed E-state index contributed by atoms with van der Waals surface area (Å²) in [5.74, 6) is 2.21. The lowest BCUT2D eigenvalue weighted by Gasteiger charge is -2.10. The van der Waals surface area contributed by atoms with Crippen LogP contribution in [-0.2, 0) is 12.8 Å². The monoisotopic (exact) mass is 195 g/mol. The van der Waals surface area contributed by atoms with E-state index in [-0.39, 0.29) is 0 Å². The molecule has 1 N–H and O–H groups in total. The molecule has 1 heterocycles. The lowest BCUT2D eigenvalue weighted by molar-refractivity contribution is 0.442. The topological polar surface area (TPSA) is 25.2 Å². The second-order valence-corrected chi connectivity index (χ2v) is 3.72. The molecule has 1 aromatic heterocycles. The molecule has 0 aliphatic carbocycles. The van der Waals surface area contributed by atoms with Crippen LogP contribution >= 0.6 is 0 Å². The van der Waals surface area contributed by atoms with Crippen molar-refractivity contribution in [2.24, 2.45) is 0 Å². The molecule has 1 rings (SSSR count). The fourth-order valence-electron chi connectivity index (χ4n) is 1.56. The van der Waals surface area contributed by atoms with Crippen molar-refractivity contribution in [1.29, 1.82) is 0 Å². The van der Waals surface area contributed by atoms with Crippen molar-refractivity contribution in [3.05, 3.63) is 23.7 Å². The highest BCUT2D eigenvalue weighted by molar-refractivity contribution is 5.07. The molecule has 0 radical (unpaired) electrons. The first-order chi connectivity index (χ1) is 6.76. The van der Waals surface area contributed by atoms with E-state index in [4.69, 9.17) is 4.42 Å². The van der Waals surface area contributed by atoms with E-state index in [9.17, 15) is 0 Å². The van der Waals surface area contributed by atoms with Crippen molar-refractivity contribution in [2.45, 2.75) is 46.1 Å². The van der Waals surface area contributed by atoms with Gasteiger partial charge < -0.3 is 9.73 Å². The molecule has 1 aromatic rings. The predicted molar refractivity (Wildman–Crippen MR) is 59.5 cm³/mol. The minimum Gasteiger partial charge on any atom is -0.466 e. The predicted octanol–water partition coefficient (Wildman–Crippen LogP) is 2.77. The van der Waals surface area contributed by atoms with E-state index in [1.54, 1.807) is 0 Å². The summed E-state index contributed by atoms with van der Waals surface area (Å²) in [4.78, 5) is 0. The van der Waals surface area contributed by atoms with Gasteiger partial charge in [-0.05, 0) is 32.0 Å². The Labute approximate surface area is 86.7 Å². The zero-order chi connectivity index (χ0) is 10.4. The molecule has 0 saturated carbocycles. The van der Waals surface area contributed by atoms with Gasteiger partial charge in [-0.15, -0.1) is 0 Å². The van der Waals surface area contributed by atoms with E-state index >= 15 is 0 Å². The van der Waals surface area contributed by atoms with Crippen molar-refractivity contribution < 1.29 is 4.42 Å². The first kappa shape index (κ1) is 11.3. The van der Waals surface area contributed by atoms with Crippen LogP contribution in [0.1, 0.15) is 38.7 Å². The van der Waals surface area contributed by atoms with Crippen LogP contribution in [0.2, 0.25) is 0 Å². The molecule has 80 valence electrons. The van der Waals surface area contributed by atoms with Gasteiger partial charge in [0.25, 0.3) is 0 Å². The Kier molecular flexibility index (Phi) is 4.74. The minimum atomic E-state index is 0.579. The molecule has 1 atom stereocenters. The Morgan fingerprint density at radius 2 is 2.00 bits per heavy atom. The summed E-state index contributed by atoms with van der Waals surface area (Å²) in [5, 5.41) is 3.39. The van der Waals surface area contributed by atoms with Crippen molar-refractivity contribution in [1.82, 2.24) is 5.32 Å². The molecule has 2 nitrogen and oxygen atoms in total. The molecule has 0 aromatic carbocycles. The highest BCUT2D eigenvalue weighted by Gasteiger charge is 2.03. The second kappa shape index (κ2) is 5.86. The van der Waals surface area contributed by atoms with Gasteiger partial charge in [0.2, 0.25) is 0 Å². The molecule has 0 spiro atoms. The van der Waals surface area contributed by atoms with Gasteiger partial charge in [0.15, 0.2) is 0 Å². The number of furan rings is 1. The molecule has 0 aliphatic rings. The van der Waals surface area contributed by atoms with Gasteiger partial charge in [-0.3, -0.25) is 0 Å². The summed E-state index contributed by atoms with van der Waals surface area (Å²) < 4.78 is 5.63. The maximum atomic E-state index is 5.63. The summed E-state index contributed by atoms with van der Waals surface area (Å²) in [7, 11) is 0. The Morgan fingerprint density at radius 1 is 1.29 bits per heavy atom. The van der Waals surface area contributed by atoms with E-state index in [0.29, 0.717) is 6.04 Å². The Hall–Kier alpha value is -0.760. The molecule has 1 unspecified atom stereocenters. The van der Waals surface area contributed by atoms with Crippen LogP contribution in [-0.4, -0.2) is 12.6 Å². The summed E-state index contributed by atoms with van der Waals surface area (Å²) >= 11 is 0. The smallest absolute Gasteiger partial charge is 0.104 e. The van der Waals surface area contributed by atoms with Crippen LogP contribution in [0.15, 0.2) is 16.5 Å². The molecule has 2 heteroatoms. The Balaban J connectivity index is 2.30. The van der Waals surface area contributed by atoms with E-state index < -0.39 is 0 Å². The molecule has 0 amide bonds. The quantitative estimate of drug-likeness (QED) is 0.755. The molecule has 0 saturated heterocycles. The van der Waals surface area contributed by atoms with Gasteiger partial charge in [0.05, 0.1) is 0 Å². The maximum absolute atomic E-state index is 5.63. The van der Waals surface area contributed by atoms with Crippen molar-refractivity contribution in [3.63, 3.8) is 0 Å². The highest BCUT2D eigenvalue weighted by Crippen LogP contribution is 2.11. The third kappa shape index (κ3) is 3.54. The fraction of sp³-hybridized carbons (Fsp3) is 0.667. The highest BCUT2D eigenvalue weighted by atomic mass is 16.3. The Bertz CT molecular complexity index is 255. The fourth-order valence-corrected chi connectivity index (χ4v) is 1.56. The summed E-state index contributed by atoms with van der Waals surface area (Å²) in [6.07, 6.45) is 3.17. The summed E-state index contributed by atoms with van der Waals surface area (Å²) in [6, 6.07) is 4.75. The minimum absolute atomic E-state index is 0.579. The molecular formula is C12H21NO. The van der Waals surface area contributed by atoms with Gasteiger partial charge in [0, 0.05) is 18.9 Å². The standard InChI is InChI=1S/C12H21NO/c1-4-11-8-9-12(14-11)7-6-10(3)13-5-2/h8-10,13H,4-7H2,1-3H3. The van der Waals surface area contributed by atoms with Crippen LogP contribution in [0.25, 0.3) is 0 Å². The lowest BCUT2D eigenvalue weighted by atomic mass is 10.1. The average molecular weight is 195 g/mol. The second-order valence-electron chi connectivity index (χ2n) is 3.72. The normalized spacial score (nSPS) is 13.1. The van der Waals surface area contributed by atoms with Crippen molar-refractivity contribution >= 4 is 0 Å².